The molecule has 0 bridgehead atoms. The van der Waals surface area contributed by atoms with Gasteiger partial charge in [0.05, 0.1) is 32.5 Å². The highest BCUT2D eigenvalue weighted by molar-refractivity contribution is 7.13. The van der Waals surface area contributed by atoms with Crippen LogP contribution in [0.5, 0.6) is 0 Å². The summed E-state index contributed by atoms with van der Waals surface area (Å²) in [6.07, 6.45) is 5.74. The molecule has 1 N–H and O–H groups in total. The van der Waals surface area contributed by atoms with Gasteiger partial charge in [-0.05, 0) is 31.4 Å². The first kappa shape index (κ1) is 21.9. The Morgan fingerprint density at radius 1 is 1.37 bits per heavy atom. The number of methoxy groups -OCH3 is 1. The predicted octanol–water partition coefficient (Wildman–Crippen LogP) is 3.37. The molecule has 2 heterocycles. The third-order valence-electron chi connectivity index (χ3n) is 4.90. The fraction of sp³-hybridized carbons (Fsp3) is 0.700. The maximum atomic E-state index is 12.1. The van der Waals surface area contributed by atoms with Crippen molar-refractivity contribution in [3.05, 3.63) is 21.9 Å². The van der Waals surface area contributed by atoms with E-state index in [9.17, 15) is 14.7 Å². The van der Waals surface area contributed by atoms with Crippen molar-refractivity contribution in [1.29, 1.82) is 0 Å². The van der Waals surface area contributed by atoms with Crippen LogP contribution in [0.25, 0.3) is 0 Å². The molecule has 0 unspecified atom stereocenters. The summed E-state index contributed by atoms with van der Waals surface area (Å²) in [4.78, 5) is 27.0. The highest BCUT2D eigenvalue weighted by atomic mass is 32.1. The van der Waals surface area contributed by atoms with Crippen LogP contribution in [0.1, 0.15) is 66.4 Å². The van der Waals surface area contributed by atoms with Crippen molar-refractivity contribution in [3.8, 4) is 0 Å². The van der Waals surface area contributed by atoms with Crippen LogP contribution >= 0.6 is 11.3 Å². The number of esters is 1. The van der Waals surface area contributed by atoms with Crippen molar-refractivity contribution in [2.75, 3.05) is 20.3 Å². The topological polar surface area (TPSA) is 76.1 Å². The van der Waals surface area contributed by atoms with E-state index < -0.39 is 0 Å². The molecule has 1 amide bonds. The van der Waals surface area contributed by atoms with E-state index >= 15 is 0 Å². The van der Waals surface area contributed by atoms with Gasteiger partial charge in [0, 0.05) is 17.8 Å². The molecule has 1 aromatic rings. The van der Waals surface area contributed by atoms with E-state index in [2.05, 4.69) is 6.92 Å². The molecule has 1 aromatic heterocycles. The van der Waals surface area contributed by atoms with Crippen LogP contribution in [-0.2, 0) is 20.9 Å². The first-order valence-electron chi connectivity index (χ1n) is 9.77. The highest BCUT2D eigenvalue weighted by Crippen LogP contribution is 2.22. The lowest BCUT2D eigenvalue weighted by Gasteiger charge is -2.25. The molecular weight excluding hydrogens is 366 g/mol. The number of unbranched alkanes of at least 4 members (excludes halogenated alkanes) is 2. The van der Waals surface area contributed by atoms with E-state index in [-0.39, 0.29) is 24.0 Å². The molecule has 7 heteroatoms. The number of thiophene rings is 1. The minimum atomic E-state index is -0.339. The lowest BCUT2D eigenvalue weighted by atomic mass is 10.1. The number of hydrogen-bond donors (Lipinski definition) is 1. The number of ether oxygens (including phenoxy) is 2. The van der Waals surface area contributed by atoms with Crippen molar-refractivity contribution in [2.45, 2.75) is 70.6 Å². The lowest BCUT2D eigenvalue weighted by Crippen LogP contribution is -2.38. The fourth-order valence-electron chi connectivity index (χ4n) is 3.30. The van der Waals surface area contributed by atoms with E-state index in [1.807, 2.05) is 11.0 Å². The van der Waals surface area contributed by atoms with Gasteiger partial charge in [-0.15, -0.1) is 11.3 Å². The molecule has 2 rings (SSSR count). The third-order valence-corrected chi connectivity index (χ3v) is 5.94. The molecule has 0 spiro atoms. The average Bonchev–Trinajstić information content (AvgIpc) is 3.27. The molecule has 0 radical (unpaired) electrons. The molecule has 0 aliphatic carbocycles. The Hall–Kier alpha value is -1.44. The van der Waals surface area contributed by atoms with Crippen molar-refractivity contribution in [2.24, 2.45) is 0 Å². The summed E-state index contributed by atoms with van der Waals surface area (Å²) >= 11 is 1.36. The van der Waals surface area contributed by atoms with E-state index in [4.69, 9.17) is 9.47 Å². The Bertz CT molecular complexity index is 603. The zero-order valence-electron chi connectivity index (χ0n) is 16.3. The maximum Gasteiger partial charge on any atom is 0.348 e. The molecule has 2 atom stereocenters. The Morgan fingerprint density at radius 3 is 2.93 bits per heavy atom. The summed E-state index contributed by atoms with van der Waals surface area (Å²) in [5.41, 5.74) is 0. The number of hydrogen-bond acceptors (Lipinski definition) is 6. The number of rotatable bonds is 12. The molecule has 1 aliphatic heterocycles. The van der Waals surface area contributed by atoms with Crippen LogP contribution in [0.15, 0.2) is 12.1 Å². The number of aliphatic hydroxyl groups is 1. The average molecular weight is 398 g/mol. The molecule has 152 valence electrons. The van der Waals surface area contributed by atoms with Crippen molar-refractivity contribution < 1.29 is 24.2 Å². The van der Waals surface area contributed by atoms with Gasteiger partial charge in [0.1, 0.15) is 4.88 Å². The maximum absolute atomic E-state index is 12.1. The van der Waals surface area contributed by atoms with E-state index in [0.29, 0.717) is 37.5 Å². The summed E-state index contributed by atoms with van der Waals surface area (Å²) in [7, 11) is 1.37. The van der Waals surface area contributed by atoms with Gasteiger partial charge in [-0.2, -0.15) is 0 Å². The molecule has 1 aliphatic rings. The SMILES string of the molecule is CCCCC[C@H](O)CCN1C(=O)CC[C@@H]1COCc1ccc(C(=O)OC)s1. The number of carbonyl (C=O) groups is 2. The predicted molar refractivity (Wildman–Crippen MR) is 105 cm³/mol. The van der Waals surface area contributed by atoms with Gasteiger partial charge < -0.3 is 19.5 Å². The largest absolute Gasteiger partial charge is 0.465 e. The second-order valence-electron chi connectivity index (χ2n) is 6.99. The number of likely N-dealkylation sites (tertiary alicyclic amines) is 1. The smallest absolute Gasteiger partial charge is 0.348 e. The number of aliphatic hydroxyl groups excluding tert-OH is 1. The molecule has 1 saturated heterocycles. The Morgan fingerprint density at radius 2 is 2.19 bits per heavy atom. The van der Waals surface area contributed by atoms with Crippen molar-refractivity contribution >= 4 is 23.2 Å². The molecular formula is C20H31NO5S. The standard InChI is InChI=1S/C20H31NO5S/c1-3-4-5-6-16(22)11-12-21-15(7-10-19(21)23)13-26-14-17-8-9-18(27-17)20(24)25-2/h8-9,15-16,22H,3-7,10-14H2,1-2H3/t15-,16+/m1/s1. The van der Waals surface area contributed by atoms with Gasteiger partial charge in [-0.1, -0.05) is 26.2 Å². The second kappa shape index (κ2) is 11.4. The summed E-state index contributed by atoms with van der Waals surface area (Å²) in [5.74, 6) is -0.190. The number of amides is 1. The van der Waals surface area contributed by atoms with E-state index in [1.54, 1.807) is 6.07 Å². The normalized spacial score (nSPS) is 18.1. The summed E-state index contributed by atoms with van der Waals surface area (Å²) < 4.78 is 10.5. The summed E-state index contributed by atoms with van der Waals surface area (Å²) in [5, 5.41) is 10.1. The van der Waals surface area contributed by atoms with Gasteiger partial charge in [-0.3, -0.25) is 4.79 Å². The third kappa shape index (κ3) is 6.90. The zero-order valence-corrected chi connectivity index (χ0v) is 17.1. The Kier molecular flexibility index (Phi) is 9.24. The molecule has 27 heavy (non-hydrogen) atoms. The number of nitrogens with zero attached hydrogens (tertiary/aromatic N) is 1. The minimum absolute atomic E-state index is 0.0698. The van der Waals surface area contributed by atoms with Crippen LogP contribution in [0.2, 0.25) is 0 Å². The quantitative estimate of drug-likeness (QED) is 0.432. The van der Waals surface area contributed by atoms with E-state index in [0.717, 1.165) is 37.0 Å². The number of carbonyl (C=O) groups excluding carboxylic acids is 2. The van der Waals surface area contributed by atoms with E-state index in [1.165, 1.54) is 18.4 Å². The van der Waals surface area contributed by atoms with Crippen LogP contribution in [0.4, 0.5) is 0 Å². The molecule has 1 fully saturated rings. The first-order chi connectivity index (χ1) is 13.0. The first-order valence-corrected chi connectivity index (χ1v) is 10.6. The molecule has 0 aromatic carbocycles. The monoisotopic (exact) mass is 397 g/mol. The Labute approximate surface area is 165 Å². The Balaban J connectivity index is 1.73. The van der Waals surface area contributed by atoms with Gasteiger partial charge in [0.2, 0.25) is 5.91 Å². The summed E-state index contributed by atoms with van der Waals surface area (Å²) in [6, 6.07) is 3.67. The van der Waals surface area contributed by atoms with Crippen molar-refractivity contribution in [3.63, 3.8) is 0 Å². The van der Waals surface area contributed by atoms with Crippen LogP contribution in [-0.4, -0.2) is 54.3 Å². The lowest BCUT2D eigenvalue weighted by molar-refractivity contribution is -0.130. The minimum Gasteiger partial charge on any atom is -0.465 e. The molecule has 0 saturated carbocycles. The van der Waals surface area contributed by atoms with Gasteiger partial charge in [0.25, 0.3) is 0 Å². The highest BCUT2D eigenvalue weighted by Gasteiger charge is 2.31. The van der Waals surface area contributed by atoms with Gasteiger partial charge in [-0.25, -0.2) is 4.79 Å². The van der Waals surface area contributed by atoms with Crippen LogP contribution < -0.4 is 0 Å². The second-order valence-corrected chi connectivity index (χ2v) is 8.16. The van der Waals surface area contributed by atoms with Gasteiger partial charge in [0.15, 0.2) is 0 Å². The summed E-state index contributed by atoms with van der Waals surface area (Å²) in [6.45, 7) is 3.63. The van der Waals surface area contributed by atoms with Crippen molar-refractivity contribution in [1.82, 2.24) is 4.90 Å². The van der Waals surface area contributed by atoms with Gasteiger partial charge >= 0.3 is 5.97 Å². The molecule has 6 nitrogen and oxygen atoms in total. The fourth-order valence-corrected chi connectivity index (χ4v) is 4.16. The van der Waals surface area contributed by atoms with Crippen LogP contribution in [0.3, 0.4) is 0 Å². The van der Waals surface area contributed by atoms with Crippen LogP contribution in [0, 0.1) is 0 Å². The zero-order chi connectivity index (χ0) is 19.6.